The van der Waals surface area contributed by atoms with E-state index in [1.54, 1.807) is 13.0 Å². The number of ether oxygens (including phenoxy) is 1. The first-order chi connectivity index (χ1) is 11.2. The average Bonchev–Trinajstić information content (AvgIpc) is 2.76. The molecule has 0 spiro atoms. The zero-order chi connectivity index (χ0) is 17.8. The fourth-order valence-corrected chi connectivity index (χ4v) is 4.95. The van der Waals surface area contributed by atoms with Crippen molar-refractivity contribution in [3.05, 3.63) is 40.4 Å². The summed E-state index contributed by atoms with van der Waals surface area (Å²) in [4.78, 5) is 23.5. The summed E-state index contributed by atoms with van der Waals surface area (Å²) in [7, 11) is -3.11. The van der Waals surface area contributed by atoms with Crippen molar-refractivity contribution < 1.29 is 22.7 Å². The highest BCUT2D eigenvalue weighted by atomic mass is 79.9. The number of hydrogen-bond donors (Lipinski definition) is 1. The van der Waals surface area contributed by atoms with Crippen molar-refractivity contribution in [2.45, 2.75) is 18.9 Å². The molecular formula is C16H18BrNO5S. The van der Waals surface area contributed by atoms with Gasteiger partial charge in [0.1, 0.15) is 0 Å². The Labute approximate surface area is 149 Å². The molecule has 2 rings (SSSR count). The topological polar surface area (TPSA) is 89.5 Å². The normalized spacial score (nSPS) is 22.4. The maximum atomic E-state index is 11.8. The van der Waals surface area contributed by atoms with Gasteiger partial charge >= 0.3 is 5.97 Å². The monoisotopic (exact) mass is 415 g/mol. The third kappa shape index (κ3) is 5.76. The van der Waals surface area contributed by atoms with Gasteiger partial charge in [-0.3, -0.25) is 4.79 Å². The van der Waals surface area contributed by atoms with Crippen molar-refractivity contribution in [2.24, 2.45) is 0 Å². The van der Waals surface area contributed by atoms with Gasteiger partial charge in [-0.1, -0.05) is 28.1 Å². The van der Waals surface area contributed by atoms with Crippen molar-refractivity contribution in [1.29, 1.82) is 0 Å². The molecule has 0 unspecified atom stereocenters. The van der Waals surface area contributed by atoms with E-state index in [4.69, 9.17) is 4.74 Å². The minimum Gasteiger partial charge on any atom is -0.452 e. The summed E-state index contributed by atoms with van der Waals surface area (Å²) in [6, 6.07) is 7.35. The van der Waals surface area contributed by atoms with Gasteiger partial charge in [-0.25, -0.2) is 13.2 Å². The van der Waals surface area contributed by atoms with Gasteiger partial charge in [0.15, 0.2) is 16.4 Å². The van der Waals surface area contributed by atoms with Crippen molar-refractivity contribution in [2.75, 3.05) is 18.1 Å². The fraction of sp³-hybridized carbons (Fsp3) is 0.375. The molecule has 1 aromatic rings. The number of nitrogens with one attached hydrogen (secondary N) is 1. The van der Waals surface area contributed by atoms with E-state index >= 15 is 0 Å². The first-order valence-corrected chi connectivity index (χ1v) is 9.91. The van der Waals surface area contributed by atoms with Gasteiger partial charge < -0.3 is 10.1 Å². The second kappa shape index (κ2) is 7.48. The first kappa shape index (κ1) is 18.7. The van der Waals surface area contributed by atoms with E-state index in [1.165, 1.54) is 6.08 Å². The maximum Gasteiger partial charge on any atom is 0.331 e. The Hall–Kier alpha value is -1.67. The quantitative estimate of drug-likeness (QED) is 0.583. The summed E-state index contributed by atoms with van der Waals surface area (Å²) in [6.45, 7) is 1.22. The molecule has 1 aliphatic heterocycles. The Bertz CT molecular complexity index is 774. The summed E-state index contributed by atoms with van der Waals surface area (Å²) in [5.41, 5.74) is 0.0172. The summed E-state index contributed by atoms with van der Waals surface area (Å²) < 4.78 is 28.7. The lowest BCUT2D eigenvalue weighted by atomic mass is 10.0. The number of carbonyl (C=O) groups excluding carboxylic acids is 2. The van der Waals surface area contributed by atoms with Crippen LogP contribution < -0.4 is 5.32 Å². The van der Waals surface area contributed by atoms with Gasteiger partial charge in [-0.15, -0.1) is 0 Å². The third-order valence-corrected chi connectivity index (χ3v) is 5.95. The van der Waals surface area contributed by atoms with Crippen LogP contribution in [-0.2, 0) is 24.2 Å². The summed E-state index contributed by atoms with van der Waals surface area (Å²) in [6.07, 6.45) is 3.17. The SMILES string of the molecule is C[C@@]1(NC(=O)COC(=O)/C=C/c2cccc(Br)c2)CCS(=O)(=O)C1. The van der Waals surface area contributed by atoms with Gasteiger partial charge in [-0.05, 0) is 37.1 Å². The highest BCUT2D eigenvalue weighted by Gasteiger charge is 2.39. The average molecular weight is 416 g/mol. The summed E-state index contributed by atoms with van der Waals surface area (Å²) in [5, 5.41) is 2.62. The van der Waals surface area contributed by atoms with Crippen LogP contribution in [0.2, 0.25) is 0 Å². The minimum atomic E-state index is -3.11. The Balaban J connectivity index is 1.80. The Morgan fingerprint density at radius 1 is 1.42 bits per heavy atom. The number of esters is 1. The van der Waals surface area contributed by atoms with E-state index in [9.17, 15) is 18.0 Å². The number of carbonyl (C=O) groups is 2. The van der Waals surface area contributed by atoms with Crippen LogP contribution in [0.5, 0.6) is 0 Å². The predicted molar refractivity (Wildman–Crippen MR) is 94.0 cm³/mol. The number of sulfone groups is 1. The minimum absolute atomic E-state index is 0.0545. The van der Waals surface area contributed by atoms with Gasteiger partial charge in [0.25, 0.3) is 5.91 Å². The number of halogens is 1. The van der Waals surface area contributed by atoms with Crippen LogP contribution in [0, 0.1) is 0 Å². The lowest BCUT2D eigenvalue weighted by molar-refractivity contribution is -0.144. The van der Waals surface area contributed by atoms with E-state index in [1.807, 2.05) is 24.3 Å². The van der Waals surface area contributed by atoms with Crippen molar-refractivity contribution in [3.63, 3.8) is 0 Å². The second-order valence-electron chi connectivity index (χ2n) is 5.95. The molecule has 0 aliphatic carbocycles. The molecule has 130 valence electrons. The molecule has 1 aliphatic rings. The molecule has 1 heterocycles. The van der Waals surface area contributed by atoms with Gasteiger partial charge in [0, 0.05) is 10.5 Å². The predicted octanol–water partition coefficient (Wildman–Crippen LogP) is 1.70. The molecule has 1 N–H and O–H groups in total. The molecule has 0 saturated carbocycles. The third-order valence-electron chi connectivity index (χ3n) is 3.55. The summed E-state index contributed by atoms with van der Waals surface area (Å²) in [5.74, 6) is -1.20. The zero-order valence-corrected chi connectivity index (χ0v) is 15.5. The maximum absolute atomic E-state index is 11.8. The highest BCUT2D eigenvalue weighted by molar-refractivity contribution is 9.10. The van der Waals surface area contributed by atoms with E-state index < -0.39 is 33.9 Å². The number of benzene rings is 1. The molecule has 8 heteroatoms. The molecule has 24 heavy (non-hydrogen) atoms. The molecule has 0 aromatic heterocycles. The smallest absolute Gasteiger partial charge is 0.331 e. The van der Waals surface area contributed by atoms with Gasteiger partial charge in [0.05, 0.1) is 17.0 Å². The van der Waals surface area contributed by atoms with Crippen molar-refractivity contribution in [3.8, 4) is 0 Å². The zero-order valence-electron chi connectivity index (χ0n) is 13.1. The number of amides is 1. The first-order valence-electron chi connectivity index (χ1n) is 7.29. The van der Waals surface area contributed by atoms with Crippen molar-refractivity contribution in [1.82, 2.24) is 5.32 Å². The molecular weight excluding hydrogens is 398 g/mol. The molecule has 1 amide bonds. The van der Waals surface area contributed by atoms with Crippen LogP contribution in [0.1, 0.15) is 18.9 Å². The number of hydrogen-bond acceptors (Lipinski definition) is 5. The molecule has 0 radical (unpaired) electrons. The standard InChI is InChI=1S/C16H18BrNO5S/c1-16(7-8-24(21,22)11-16)18-14(19)10-23-15(20)6-5-12-3-2-4-13(17)9-12/h2-6,9H,7-8,10-11H2,1H3,(H,18,19)/b6-5+/t16-/m1/s1. The highest BCUT2D eigenvalue weighted by Crippen LogP contribution is 2.22. The largest absolute Gasteiger partial charge is 0.452 e. The molecule has 6 nitrogen and oxygen atoms in total. The Morgan fingerprint density at radius 3 is 2.79 bits per heavy atom. The van der Waals surface area contributed by atoms with Crippen molar-refractivity contribution >= 4 is 43.7 Å². The summed E-state index contributed by atoms with van der Waals surface area (Å²) >= 11 is 3.33. The van der Waals surface area contributed by atoms with Crippen LogP contribution >= 0.6 is 15.9 Å². The van der Waals surface area contributed by atoms with E-state index in [2.05, 4.69) is 21.2 Å². The lowest BCUT2D eigenvalue weighted by Gasteiger charge is -2.23. The van der Waals surface area contributed by atoms with Crippen LogP contribution in [0.3, 0.4) is 0 Å². The molecule has 1 aromatic carbocycles. The van der Waals surface area contributed by atoms with Crippen LogP contribution in [0.25, 0.3) is 6.08 Å². The van der Waals surface area contributed by atoms with Crippen LogP contribution in [0.15, 0.2) is 34.8 Å². The van der Waals surface area contributed by atoms with Gasteiger partial charge in [0.2, 0.25) is 0 Å². The van der Waals surface area contributed by atoms with Crippen LogP contribution in [0.4, 0.5) is 0 Å². The van der Waals surface area contributed by atoms with Crippen LogP contribution in [-0.4, -0.2) is 43.9 Å². The van der Waals surface area contributed by atoms with E-state index in [0.717, 1.165) is 10.0 Å². The molecule has 1 atom stereocenters. The Morgan fingerprint density at radius 2 is 2.17 bits per heavy atom. The van der Waals surface area contributed by atoms with Gasteiger partial charge in [-0.2, -0.15) is 0 Å². The molecule has 1 fully saturated rings. The van der Waals surface area contributed by atoms with E-state index in [0.29, 0.717) is 6.42 Å². The number of rotatable bonds is 5. The lowest BCUT2D eigenvalue weighted by Crippen LogP contribution is -2.48. The molecule has 0 bridgehead atoms. The molecule has 1 saturated heterocycles. The fourth-order valence-electron chi connectivity index (χ4n) is 2.44. The van der Waals surface area contributed by atoms with E-state index in [-0.39, 0.29) is 11.5 Å². The Kier molecular flexibility index (Phi) is 5.82. The second-order valence-corrected chi connectivity index (χ2v) is 9.05.